The summed E-state index contributed by atoms with van der Waals surface area (Å²) in [7, 11) is -2.35. The minimum Gasteiger partial charge on any atom is -0.497 e. The van der Waals surface area contributed by atoms with E-state index in [1.807, 2.05) is 26.0 Å². The topological polar surface area (TPSA) is 75.7 Å². The fraction of sp³-hybridized carbons (Fsp3) is 0.381. The van der Waals surface area contributed by atoms with Gasteiger partial charge in [0.25, 0.3) is 0 Å². The van der Waals surface area contributed by atoms with Gasteiger partial charge in [-0.3, -0.25) is 9.10 Å². The third-order valence-electron chi connectivity index (χ3n) is 4.44. The molecule has 0 unspecified atom stereocenters. The van der Waals surface area contributed by atoms with Crippen LogP contribution in [0.1, 0.15) is 31.9 Å². The van der Waals surface area contributed by atoms with Gasteiger partial charge in [0.05, 0.1) is 25.1 Å². The van der Waals surface area contributed by atoms with Crippen molar-refractivity contribution in [3.05, 3.63) is 59.7 Å². The van der Waals surface area contributed by atoms with Gasteiger partial charge in [-0.1, -0.05) is 26.0 Å². The Kier molecular flexibility index (Phi) is 7.77. The molecule has 0 aliphatic carbocycles. The van der Waals surface area contributed by atoms with Crippen LogP contribution in [0.5, 0.6) is 5.75 Å². The number of sulfonamides is 1. The summed E-state index contributed by atoms with van der Waals surface area (Å²) in [4.78, 5) is 12.7. The molecule has 2 aromatic rings. The largest absolute Gasteiger partial charge is 0.497 e. The molecule has 30 heavy (non-hydrogen) atoms. The number of ether oxygens (including phenoxy) is 1. The van der Waals surface area contributed by atoms with Crippen molar-refractivity contribution in [3.63, 3.8) is 0 Å². The van der Waals surface area contributed by atoms with Crippen molar-refractivity contribution in [1.82, 2.24) is 5.32 Å². The van der Waals surface area contributed by atoms with Gasteiger partial charge in [0, 0.05) is 6.07 Å². The molecule has 1 N–H and O–H groups in total. The molecule has 9 heteroatoms. The molecule has 0 spiro atoms. The summed E-state index contributed by atoms with van der Waals surface area (Å²) in [5.74, 6) is -1.93. The summed E-state index contributed by atoms with van der Waals surface area (Å²) >= 11 is 0. The van der Waals surface area contributed by atoms with Crippen molar-refractivity contribution >= 4 is 21.6 Å². The van der Waals surface area contributed by atoms with Gasteiger partial charge in [0.2, 0.25) is 15.9 Å². The van der Waals surface area contributed by atoms with Gasteiger partial charge in [0.1, 0.15) is 12.3 Å². The molecule has 2 rings (SSSR count). The zero-order chi connectivity index (χ0) is 22.5. The van der Waals surface area contributed by atoms with Crippen molar-refractivity contribution in [3.8, 4) is 5.75 Å². The predicted molar refractivity (Wildman–Crippen MR) is 112 cm³/mol. The molecule has 0 radical (unpaired) electrons. The first-order chi connectivity index (χ1) is 14.0. The fourth-order valence-corrected chi connectivity index (χ4v) is 3.84. The van der Waals surface area contributed by atoms with Gasteiger partial charge >= 0.3 is 0 Å². The van der Waals surface area contributed by atoms with Crippen molar-refractivity contribution in [2.24, 2.45) is 5.92 Å². The first-order valence-electron chi connectivity index (χ1n) is 9.37. The second-order valence-electron chi connectivity index (χ2n) is 7.39. The van der Waals surface area contributed by atoms with E-state index in [9.17, 15) is 22.0 Å². The van der Waals surface area contributed by atoms with Crippen LogP contribution in [-0.2, 0) is 14.8 Å². The van der Waals surface area contributed by atoms with Gasteiger partial charge in [-0.25, -0.2) is 17.2 Å². The highest BCUT2D eigenvalue weighted by molar-refractivity contribution is 7.92. The summed E-state index contributed by atoms with van der Waals surface area (Å²) in [6, 6.07) is 9.54. The Labute approximate surface area is 175 Å². The maximum absolute atomic E-state index is 13.6. The highest BCUT2D eigenvalue weighted by Gasteiger charge is 2.24. The molecule has 0 saturated carbocycles. The van der Waals surface area contributed by atoms with E-state index in [0.717, 1.165) is 34.3 Å². The number of amides is 1. The second kappa shape index (κ2) is 9.88. The van der Waals surface area contributed by atoms with E-state index >= 15 is 0 Å². The van der Waals surface area contributed by atoms with Gasteiger partial charge < -0.3 is 10.1 Å². The highest BCUT2D eigenvalue weighted by Crippen LogP contribution is 2.24. The summed E-state index contributed by atoms with van der Waals surface area (Å²) in [6.07, 6.45) is 1.53. The summed E-state index contributed by atoms with van der Waals surface area (Å²) in [5.41, 5.74) is 0.716. The van der Waals surface area contributed by atoms with E-state index in [1.165, 1.54) is 0 Å². The highest BCUT2D eigenvalue weighted by atomic mass is 32.2. The van der Waals surface area contributed by atoms with E-state index in [0.29, 0.717) is 12.2 Å². The van der Waals surface area contributed by atoms with Crippen LogP contribution in [0, 0.1) is 17.6 Å². The average molecular weight is 441 g/mol. The Bertz CT molecular complexity index is 979. The quantitative estimate of drug-likeness (QED) is 0.646. The van der Waals surface area contributed by atoms with Gasteiger partial charge in [0.15, 0.2) is 11.6 Å². The Morgan fingerprint density at radius 2 is 1.73 bits per heavy atom. The van der Waals surface area contributed by atoms with E-state index < -0.39 is 34.1 Å². The number of nitrogens with zero attached hydrogens (tertiary/aromatic N) is 1. The lowest BCUT2D eigenvalue weighted by Crippen LogP contribution is -2.42. The Balaban J connectivity index is 2.24. The first-order valence-corrected chi connectivity index (χ1v) is 11.2. The van der Waals surface area contributed by atoms with Crippen LogP contribution in [0.2, 0.25) is 0 Å². The lowest BCUT2D eigenvalue weighted by Gasteiger charge is -2.25. The lowest BCUT2D eigenvalue weighted by molar-refractivity contribution is -0.120. The number of rotatable bonds is 9. The second-order valence-corrected chi connectivity index (χ2v) is 9.30. The van der Waals surface area contributed by atoms with Crippen LogP contribution >= 0.6 is 0 Å². The molecular weight excluding hydrogens is 414 g/mol. The van der Waals surface area contributed by atoms with E-state index in [4.69, 9.17) is 4.74 Å². The molecule has 164 valence electrons. The van der Waals surface area contributed by atoms with Crippen LogP contribution in [0.3, 0.4) is 0 Å². The SMILES string of the molecule is COc1ccc([C@H](CC(C)C)NC(=O)CN(c2ccc(F)c(F)c2)S(C)(=O)=O)cc1. The van der Waals surface area contributed by atoms with Crippen LogP contribution in [0.15, 0.2) is 42.5 Å². The zero-order valence-electron chi connectivity index (χ0n) is 17.4. The number of carbonyl (C=O) groups excluding carboxylic acids is 1. The van der Waals surface area contributed by atoms with E-state index in [-0.39, 0.29) is 17.6 Å². The van der Waals surface area contributed by atoms with Crippen LogP contribution in [0.4, 0.5) is 14.5 Å². The summed E-state index contributed by atoms with van der Waals surface area (Å²) in [5, 5.41) is 2.85. The van der Waals surface area contributed by atoms with Crippen molar-refractivity contribution < 1.29 is 26.7 Å². The lowest BCUT2D eigenvalue weighted by atomic mass is 9.97. The third kappa shape index (κ3) is 6.41. The monoisotopic (exact) mass is 440 g/mol. The molecule has 0 saturated heterocycles. The Morgan fingerprint density at radius 1 is 1.10 bits per heavy atom. The molecule has 0 aromatic heterocycles. The summed E-state index contributed by atoms with van der Waals surface area (Å²) < 4.78 is 57.1. The standard InChI is InChI=1S/C21H26F2N2O4S/c1-14(2)11-20(15-5-8-17(29-3)9-6-15)24-21(26)13-25(30(4,27)28)16-7-10-18(22)19(23)12-16/h5-10,12,14,20H,11,13H2,1-4H3,(H,24,26)/t20-/m0/s1. The van der Waals surface area contributed by atoms with Gasteiger partial charge in [-0.2, -0.15) is 0 Å². The van der Waals surface area contributed by atoms with Crippen LogP contribution in [-0.4, -0.2) is 34.2 Å². The summed E-state index contributed by atoms with van der Waals surface area (Å²) in [6.45, 7) is 3.45. The molecule has 6 nitrogen and oxygen atoms in total. The predicted octanol–water partition coefficient (Wildman–Crippen LogP) is 3.64. The van der Waals surface area contributed by atoms with Crippen LogP contribution < -0.4 is 14.4 Å². The van der Waals surface area contributed by atoms with Gasteiger partial charge in [-0.15, -0.1) is 0 Å². The molecule has 0 fully saturated rings. The number of carbonyl (C=O) groups is 1. The van der Waals surface area contributed by atoms with Crippen molar-refractivity contribution in [2.45, 2.75) is 26.3 Å². The fourth-order valence-electron chi connectivity index (χ4n) is 3.00. The number of methoxy groups -OCH3 is 1. The average Bonchev–Trinajstić information content (AvgIpc) is 2.67. The number of hydrogen-bond acceptors (Lipinski definition) is 4. The van der Waals surface area contributed by atoms with Crippen molar-refractivity contribution in [1.29, 1.82) is 0 Å². The molecule has 0 aliphatic heterocycles. The van der Waals surface area contributed by atoms with E-state index in [2.05, 4.69) is 5.32 Å². The number of nitrogens with one attached hydrogen (secondary N) is 1. The molecule has 0 heterocycles. The Hall–Kier alpha value is -2.68. The molecule has 0 aliphatic rings. The number of benzene rings is 2. The number of hydrogen-bond donors (Lipinski definition) is 1. The third-order valence-corrected chi connectivity index (χ3v) is 5.58. The normalized spacial score (nSPS) is 12.5. The first kappa shape index (κ1) is 23.6. The van der Waals surface area contributed by atoms with E-state index in [1.54, 1.807) is 19.2 Å². The maximum atomic E-state index is 13.6. The molecular formula is C21H26F2N2O4S. The van der Waals surface area contributed by atoms with Crippen LogP contribution in [0.25, 0.3) is 0 Å². The zero-order valence-corrected chi connectivity index (χ0v) is 18.2. The minimum atomic E-state index is -3.91. The number of halogens is 2. The molecule has 0 bridgehead atoms. The molecule has 2 aromatic carbocycles. The Morgan fingerprint density at radius 3 is 2.23 bits per heavy atom. The van der Waals surface area contributed by atoms with Gasteiger partial charge in [-0.05, 0) is 42.2 Å². The minimum absolute atomic E-state index is 0.128. The number of anilines is 1. The molecule has 1 amide bonds. The maximum Gasteiger partial charge on any atom is 0.241 e. The van der Waals surface area contributed by atoms with Crippen molar-refractivity contribution in [2.75, 3.05) is 24.2 Å². The smallest absolute Gasteiger partial charge is 0.241 e. The molecule has 1 atom stereocenters.